The van der Waals surface area contributed by atoms with Crippen molar-refractivity contribution < 1.29 is 4.79 Å². The van der Waals surface area contributed by atoms with Crippen LogP contribution >= 0.6 is 11.6 Å². The highest BCUT2D eigenvalue weighted by molar-refractivity contribution is 6.24. The maximum atomic E-state index is 11.5. The van der Waals surface area contributed by atoms with Crippen LogP contribution in [0.25, 0.3) is 0 Å². The minimum Gasteiger partial charge on any atom is -0.382 e. The van der Waals surface area contributed by atoms with Gasteiger partial charge in [-0.3, -0.25) is 4.79 Å². The number of carbonyl (C=O) groups excluding carboxylic acids is 1. The van der Waals surface area contributed by atoms with Gasteiger partial charge in [0.25, 0.3) is 0 Å². The number of nitrogens with zero attached hydrogens (tertiary/aromatic N) is 2. The summed E-state index contributed by atoms with van der Waals surface area (Å²) in [7, 11) is 0. The molecule has 0 bridgehead atoms. The molecule has 0 aromatic carbocycles. The Balaban J connectivity index is 2.32. The molecule has 2 N–H and O–H groups in total. The van der Waals surface area contributed by atoms with Crippen LogP contribution in [0, 0.1) is 0 Å². The molecule has 1 aliphatic heterocycles. The zero-order valence-corrected chi connectivity index (χ0v) is 8.24. The van der Waals surface area contributed by atoms with Crippen molar-refractivity contribution in [1.29, 1.82) is 0 Å². The number of halogens is 1. The van der Waals surface area contributed by atoms with Crippen LogP contribution < -0.4 is 10.6 Å². The van der Waals surface area contributed by atoms with Crippen molar-refractivity contribution in [2.45, 2.75) is 11.8 Å². The number of hydrogen-bond acceptors (Lipinski definition) is 3. The van der Waals surface area contributed by atoms with Gasteiger partial charge in [-0.25, -0.2) is 4.98 Å². The number of amides is 1. The van der Waals surface area contributed by atoms with Crippen LogP contribution in [-0.2, 0) is 4.79 Å². The maximum Gasteiger partial charge on any atom is 0.228 e. The van der Waals surface area contributed by atoms with E-state index in [0.29, 0.717) is 24.5 Å². The molecule has 1 amide bonds. The number of aromatic nitrogens is 1. The van der Waals surface area contributed by atoms with Gasteiger partial charge in [0.05, 0.1) is 11.1 Å². The summed E-state index contributed by atoms with van der Waals surface area (Å²) in [6.07, 6.45) is 1.97. The fourth-order valence-corrected chi connectivity index (χ4v) is 1.80. The molecule has 1 aromatic rings. The summed E-state index contributed by atoms with van der Waals surface area (Å²) in [6.45, 7) is 0.510. The summed E-state index contributed by atoms with van der Waals surface area (Å²) < 4.78 is 0. The number of anilines is 2. The molecule has 1 atom stereocenters. The van der Waals surface area contributed by atoms with Crippen LogP contribution in [0.1, 0.15) is 6.42 Å². The second-order valence-electron chi connectivity index (χ2n) is 3.21. The second-order valence-corrected chi connectivity index (χ2v) is 3.83. The Hall–Kier alpha value is -1.29. The topological polar surface area (TPSA) is 59.2 Å². The summed E-state index contributed by atoms with van der Waals surface area (Å²) in [5, 5.41) is -0.123. The lowest BCUT2D eigenvalue weighted by Gasteiger charge is -2.16. The van der Waals surface area contributed by atoms with Crippen molar-refractivity contribution in [3.63, 3.8) is 0 Å². The molecule has 1 aliphatic rings. The number of carbonyl (C=O) groups is 1. The molecule has 4 nitrogen and oxygen atoms in total. The van der Waals surface area contributed by atoms with Gasteiger partial charge in [-0.15, -0.1) is 11.6 Å². The Kier molecular flexibility index (Phi) is 2.29. The number of nitrogens with two attached hydrogens (primary N) is 1. The van der Waals surface area contributed by atoms with E-state index in [-0.39, 0.29) is 11.3 Å². The fraction of sp³-hybridized carbons (Fsp3) is 0.333. The maximum absolute atomic E-state index is 11.5. The monoisotopic (exact) mass is 211 g/mol. The van der Waals surface area contributed by atoms with Crippen LogP contribution in [0.4, 0.5) is 11.5 Å². The molecule has 1 saturated heterocycles. The minimum absolute atomic E-state index is 0.00435. The van der Waals surface area contributed by atoms with Crippen molar-refractivity contribution in [1.82, 2.24) is 4.98 Å². The van der Waals surface area contributed by atoms with Crippen LogP contribution in [-0.4, -0.2) is 22.8 Å². The molecule has 1 unspecified atom stereocenters. The highest BCUT2D eigenvalue weighted by atomic mass is 35.5. The Morgan fingerprint density at radius 2 is 2.43 bits per heavy atom. The van der Waals surface area contributed by atoms with Crippen molar-refractivity contribution in [3.8, 4) is 0 Å². The molecule has 1 fully saturated rings. The SMILES string of the molecule is Nc1ncccc1N1CC(Cl)CC1=O. The van der Waals surface area contributed by atoms with E-state index >= 15 is 0 Å². The Bertz CT molecular complexity index is 369. The van der Waals surface area contributed by atoms with E-state index in [4.69, 9.17) is 17.3 Å². The minimum atomic E-state index is -0.123. The van der Waals surface area contributed by atoms with Gasteiger partial charge in [-0.2, -0.15) is 0 Å². The van der Waals surface area contributed by atoms with Gasteiger partial charge in [-0.05, 0) is 12.1 Å². The van der Waals surface area contributed by atoms with Crippen LogP contribution in [0.3, 0.4) is 0 Å². The molecule has 2 rings (SSSR count). The zero-order valence-electron chi connectivity index (χ0n) is 7.48. The number of rotatable bonds is 1. The summed E-state index contributed by atoms with van der Waals surface area (Å²) >= 11 is 5.88. The third-order valence-electron chi connectivity index (χ3n) is 2.18. The Morgan fingerprint density at radius 3 is 3.00 bits per heavy atom. The molecular formula is C9H10ClN3O. The molecule has 1 aromatic heterocycles. The van der Waals surface area contributed by atoms with E-state index in [9.17, 15) is 4.79 Å². The first kappa shape index (κ1) is 9.27. The average molecular weight is 212 g/mol. The standard InChI is InChI=1S/C9H10ClN3O/c10-6-4-8(14)13(5-6)7-2-1-3-12-9(7)11/h1-3,6H,4-5H2,(H2,11,12). The summed E-state index contributed by atoms with van der Waals surface area (Å²) in [5.41, 5.74) is 6.31. The highest BCUT2D eigenvalue weighted by Crippen LogP contribution is 2.27. The quantitative estimate of drug-likeness (QED) is 0.706. The molecular weight excluding hydrogens is 202 g/mol. The normalized spacial score (nSPS) is 21.6. The molecule has 0 radical (unpaired) electrons. The Morgan fingerprint density at radius 1 is 1.64 bits per heavy atom. The summed E-state index contributed by atoms with van der Waals surface area (Å²) in [6, 6.07) is 3.52. The first-order valence-electron chi connectivity index (χ1n) is 4.33. The first-order valence-corrected chi connectivity index (χ1v) is 4.77. The van der Waals surface area contributed by atoms with Crippen molar-refractivity contribution >= 4 is 29.0 Å². The van der Waals surface area contributed by atoms with Gasteiger partial charge in [-0.1, -0.05) is 0 Å². The van der Waals surface area contributed by atoms with Gasteiger partial charge in [0.15, 0.2) is 0 Å². The van der Waals surface area contributed by atoms with Gasteiger partial charge in [0.2, 0.25) is 5.91 Å². The molecule has 74 valence electrons. The van der Waals surface area contributed by atoms with E-state index in [1.54, 1.807) is 23.2 Å². The molecule has 2 heterocycles. The number of alkyl halides is 1. The van der Waals surface area contributed by atoms with Gasteiger partial charge < -0.3 is 10.6 Å². The zero-order chi connectivity index (χ0) is 10.1. The number of pyridine rings is 1. The predicted octanol–water partition coefficient (Wildman–Crippen LogP) is 1.01. The van der Waals surface area contributed by atoms with E-state index < -0.39 is 0 Å². The van der Waals surface area contributed by atoms with E-state index in [0.717, 1.165) is 0 Å². The summed E-state index contributed by atoms with van der Waals surface area (Å²) in [5.74, 6) is 0.372. The lowest BCUT2D eigenvalue weighted by atomic mass is 10.3. The van der Waals surface area contributed by atoms with Gasteiger partial charge in [0.1, 0.15) is 5.82 Å². The first-order chi connectivity index (χ1) is 6.68. The number of nitrogen functional groups attached to an aromatic ring is 1. The van der Waals surface area contributed by atoms with Gasteiger partial charge in [0, 0.05) is 19.2 Å². The predicted molar refractivity (Wildman–Crippen MR) is 55.3 cm³/mol. The van der Waals surface area contributed by atoms with Gasteiger partial charge >= 0.3 is 0 Å². The molecule has 0 aliphatic carbocycles. The molecule has 0 saturated carbocycles. The third-order valence-corrected chi connectivity index (χ3v) is 2.48. The third kappa shape index (κ3) is 1.53. The second kappa shape index (κ2) is 3.46. The molecule has 0 spiro atoms. The van der Waals surface area contributed by atoms with Crippen molar-refractivity contribution in [2.75, 3.05) is 17.2 Å². The smallest absolute Gasteiger partial charge is 0.228 e. The lowest BCUT2D eigenvalue weighted by Crippen LogP contribution is -2.25. The average Bonchev–Trinajstić information content (AvgIpc) is 2.46. The Labute approximate surface area is 86.7 Å². The van der Waals surface area contributed by atoms with E-state index in [1.807, 2.05) is 0 Å². The largest absolute Gasteiger partial charge is 0.382 e. The van der Waals surface area contributed by atoms with Crippen molar-refractivity contribution in [3.05, 3.63) is 18.3 Å². The van der Waals surface area contributed by atoms with E-state index in [2.05, 4.69) is 4.98 Å². The molecule has 14 heavy (non-hydrogen) atoms. The van der Waals surface area contributed by atoms with Crippen molar-refractivity contribution in [2.24, 2.45) is 0 Å². The molecule has 5 heteroatoms. The van der Waals surface area contributed by atoms with Crippen LogP contribution in [0.2, 0.25) is 0 Å². The number of hydrogen-bond donors (Lipinski definition) is 1. The van der Waals surface area contributed by atoms with E-state index in [1.165, 1.54) is 0 Å². The van der Waals surface area contributed by atoms with Crippen LogP contribution in [0.15, 0.2) is 18.3 Å². The summed E-state index contributed by atoms with van der Waals surface area (Å²) in [4.78, 5) is 17.0. The highest BCUT2D eigenvalue weighted by Gasteiger charge is 2.30. The van der Waals surface area contributed by atoms with Crippen LogP contribution in [0.5, 0.6) is 0 Å². The lowest BCUT2D eigenvalue weighted by molar-refractivity contribution is -0.117. The fourth-order valence-electron chi connectivity index (χ4n) is 1.53.